The number of ether oxygens (including phenoxy) is 1. The van der Waals surface area contributed by atoms with Crippen molar-refractivity contribution in [1.82, 2.24) is 9.78 Å². The molecule has 0 aliphatic rings. The molecule has 0 aromatic carbocycles. The van der Waals surface area contributed by atoms with Crippen LogP contribution < -0.4 is 5.32 Å². The summed E-state index contributed by atoms with van der Waals surface area (Å²) in [5.74, 6) is -1.42. The van der Waals surface area contributed by atoms with E-state index in [2.05, 4.69) is 10.4 Å². The number of nitro groups is 1. The Balaban J connectivity index is 2.36. The van der Waals surface area contributed by atoms with Crippen LogP contribution >= 0.6 is 11.3 Å². The van der Waals surface area contributed by atoms with E-state index < -0.39 is 22.8 Å². The monoisotopic (exact) mass is 408 g/mol. The molecule has 1 N–H and O–H groups in total. The number of rotatable bonds is 7. The third-order valence-corrected chi connectivity index (χ3v) is 5.35. The third kappa shape index (κ3) is 4.09. The number of nitrogens with zero attached hydrogens (tertiary/aromatic N) is 3. The molecule has 0 fully saturated rings. The Morgan fingerprint density at radius 2 is 2.04 bits per heavy atom. The molecule has 11 heteroatoms. The fourth-order valence-electron chi connectivity index (χ4n) is 2.57. The molecular weight excluding hydrogens is 388 g/mol. The van der Waals surface area contributed by atoms with E-state index in [-0.39, 0.29) is 34.3 Å². The smallest absolute Gasteiger partial charge is 0.341 e. The number of amides is 1. The summed E-state index contributed by atoms with van der Waals surface area (Å²) in [6, 6.07) is -0.884. The van der Waals surface area contributed by atoms with Gasteiger partial charge in [0.15, 0.2) is 5.78 Å². The number of aromatic nitrogens is 2. The van der Waals surface area contributed by atoms with Gasteiger partial charge in [-0.05, 0) is 40.2 Å². The SMILES string of the molecule is CCOC(=O)c1c(NC(=O)C(C)n2cc([N+](=O)[O-])c(C)n2)sc(C(C)=O)c1C. The molecule has 0 aliphatic heterocycles. The van der Waals surface area contributed by atoms with Gasteiger partial charge in [0, 0.05) is 0 Å². The van der Waals surface area contributed by atoms with Crippen molar-refractivity contribution in [3.05, 3.63) is 38.0 Å². The van der Waals surface area contributed by atoms with E-state index in [0.29, 0.717) is 10.4 Å². The van der Waals surface area contributed by atoms with E-state index in [4.69, 9.17) is 4.74 Å². The van der Waals surface area contributed by atoms with Crippen molar-refractivity contribution in [1.29, 1.82) is 0 Å². The largest absolute Gasteiger partial charge is 0.462 e. The summed E-state index contributed by atoms with van der Waals surface area (Å²) in [4.78, 5) is 47.5. The lowest BCUT2D eigenvalue weighted by Crippen LogP contribution is -2.24. The minimum absolute atomic E-state index is 0.125. The van der Waals surface area contributed by atoms with E-state index in [1.54, 1.807) is 13.8 Å². The molecule has 2 aromatic heterocycles. The molecule has 0 bridgehead atoms. The molecule has 0 radical (unpaired) electrons. The van der Waals surface area contributed by atoms with Crippen molar-refractivity contribution in [2.45, 2.75) is 40.7 Å². The van der Waals surface area contributed by atoms with E-state index in [0.717, 1.165) is 11.3 Å². The molecule has 1 amide bonds. The van der Waals surface area contributed by atoms with Crippen LogP contribution in [0.2, 0.25) is 0 Å². The van der Waals surface area contributed by atoms with Gasteiger partial charge in [-0.2, -0.15) is 5.10 Å². The zero-order chi connectivity index (χ0) is 21.2. The molecule has 0 aliphatic carbocycles. The van der Waals surface area contributed by atoms with Crippen LogP contribution in [0, 0.1) is 24.0 Å². The molecule has 28 heavy (non-hydrogen) atoms. The number of thiophene rings is 1. The number of carbonyl (C=O) groups excluding carboxylic acids is 3. The number of hydrogen-bond donors (Lipinski definition) is 1. The first kappa shape index (κ1) is 21.2. The normalized spacial score (nSPS) is 11.8. The van der Waals surface area contributed by atoms with Crippen LogP contribution in [0.15, 0.2) is 6.20 Å². The third-order valence-electron chi connectivity index (χ3n) is 4.05. The standard InChI is InChI=1S/C17H20N4O6S/c1-6-27-17(24)13-8(2)14(11(5)22)28-16(13)18-15(23)10(4)20-7-12(21(25)26)9(3)19-20/h7,10H,6H2,1-5H3,(H,18,23). The highest BCUT2D eigenvalue weighted by Crippen LogP contribution is 2.34. The summed E-state index contributed by atoms with van der Waals surface area (Å²) in [7, 11) is 0. The lowest BCUT2D eigenvalue weighted by molar-refractivity contribution is -0.385. The highest BCUT2D eigenvalue weighted by atomic mass is 32.1. The summed E-state index contributed by atoms with van der Waals surface area (Å²) in [6.07, 6.45) is 1.17. The number of carbonyl (C=O) groups is 3. The first-order valence-electron chi connectivity index (χ1n) is 8.40. The van der Waals surface area contributed by atoms with Crippen molar-refractivity contribution in [2.75, 3.05) is 11.9 Å². The van der Waals surface area contributed by atoms with Crippen LogP contribution in [-0.4, -0.2) is 39.0 Å². The maximum atomic E-state index is 12.7. The summed E-state index contributed by atoms with van der Waals surface area (Å²) >= 11 is 0.982. The van der Waals surface area contributed by atoms with Gasteiger partial charge in [-0.1, -0.05) is 0 Å². The predicted molar refractivity (Wildman–Crippen MR) is 102 cm³/mol. The first-order chi connectivity index (χ1) is 13.1. The molecular formula is C17H20N4O6S. The Bertz CT molecular complexity index is 961. The molecule has 2 heterocycles. The lowest BCUT2D eigenvalue weighted by atomic mass is 10.1. The zero-order valence-corrected chi connectivity index (χ0v) is 16.9. The highest BCUT2D eigenvalue weighted by molar-refractivity contribution is 7.18. The molecule has 10 nitrogen and oxygen atoms in total. The van der Waals surface area contributed by atoms with Gasteiger partial charge in [0.1, 0.15) is 22.9 Å². The molecule has 2 aromatic rings. The van der Waals surface area contributed by atoms with Gasteiger partial charge in [-0.3, -0.25) is 24.4 Å². The zero-order valence-electron chi connectivity index (χ0n) is 16.1. The fourth-order valence-corrected chi connectivity index (χ4v) is 3.67. The fraction of sp³-hybridized carbons (Fsp3) is 0.412. The van der Waals surface area contributed by atoms with Crippen molar-refractivity contribution in [3.8, 4) is 0 Å². The molecule has 150 valence electrons. The summed E-state index contributed by atoms with van der Waals surface area (Å²) in [6.45, 7) is 7.76. The number of anilines is 1. The molecule has 0 saturated heterocycles. The summed E-state index contributed by atoms with van der Waals surface area (Å²) in [5, 5.41) is 17.8. The van der Waals surface area contributed by atoms with Gasteiger partial charge in [-0.25, -0.2) is 4.79 Å². The van der Waals surface area contributed by atoms with Gasteiger partial charge in [-0.15, -0.1) is 11.3 Å². The summed E-state index contributed by atoms with van der Waals surface area (Å²) in [5.41, 5.74) is 0.546. The quantitative estimate of drug-likeness (QED) is 0.322. The van der Waals surface area contributed by atoms with Crippen LogP contribution in [-0.2, 0) is 9.53 Å². The first-order valence-corrected chi connectivity index (χ1v) is 9.22. The van der Waals surface area contributed by atoms with Gasteiger partial charge in [0.2, 0.25) is 5.91 Å². The predicted octanol–water partition coefficient (Wildman–Crippen LogP) is 3.05. The number of ketones is 1. The Labute approximate surface area is 164 Å². The number of nitrogens with one attached hydrogen (secondary N) is 1. The average Bonchev–Trinajstić information content (AvgIpc) is 3.14. The van der Waals surface area contributed by atoms with Crippen LogP contribution in [0.4, 0.5) is 10.7 Å². The minimum Gasteiger partial charge on any atom is -0.462 e. The number of esters is 1. The minimum atomic E-state index is -0.884. The molecule has 1 unspecified atom stereocenters. The van der Waals surface area contributed by atoms with Crippen molar-refractivity contribution < 1.29 is 24.0 Å². The van der Waals surface area contributed by atoms with E-state index in [9.17, 15) is 24.5 Å². The highest BCUT2D eigenvalue weighted by Gasteiger charge is 2.28. The van der Waals surface area contributed by atoms with Crippen LogP contribution in [0.1, 0.15) is 58.1 Å². The maximum absolute atomic E-state index is 12.7. The van der Waals surface area contributed by atoms with Crippen molar-refractivity contribution >= 4 is 39.7 Å². The average molecular weight is 408 g/mol. The number of aryl methyl sites for hydroxylation is 1. The van der Waals surface area contributed by atoms with Gasteiger partial charge in [0.25, 0.3) is 0 Å². The van der Waals surface area contributed by atoms with Gasteiger partial charge < -0.3 is 10.1 Å². The van der Waals surface area contributed by atoms with Crippen LogP contribution in [0.5, 0.6) is 0 Å². The van der Waals surface area contributed by atoms with Gasteiger partial charge in [0.05, 0.1) is 22.0 Å². The van der Waals surface area contributed by atoms with Crippen LogP contribution in [0.3, 0.4) is 0 Å². The van der Waals surface area contributed by atoms with E-state index in [1.165, 1.54) is 31.6 Å². The number of hydrogen-bond acceptors (Lipinski definition) is 8. The Kier molecular flexibility index (Phi) is 6.29. The second-order valence-electron chi connectivity index (χ2n) is 6.04. The van der Waals surface area contributed by atoms with E-state index >= 15 is 0 Å². The summed E-state index contributed by atoms with van der Waals surface area (Å²) < 4.78 is 6.21. The van der Waals surface area contributed by atoms with E-state index in [1.807, 2.05) is 0 Å². The molecule has 1 atom stereocenters. The van der Waals surface area contributed by atoms with Crippen LogP contribution in [0.25, 0.3) is 0 Å². The number of Topliss-reactive ketones (excluding diaryl/α,β-unsaturated/α-hetero) is 1. The Hall–Kier alpha value is -3.08. The molecule has 2 rings (SSSR count). The second-order valence-corrected chi connectivity index (χ2v) is 7.06. The van der Waals surface area contributed by atoms with Crippen molar-refractivity contribution in [2.24, 2.45) is 0 Å². The second kappa shape index (κ2) is 8.30. The molecule has 0 spiro atoms. The lowest BCUT2D eigenvalue weighted by Gasteiger charge is -2.12. The maximum Gasteiger partial charge on any atom is 0.341 e. The topological polar surface area (TPSA) is 133 Å². The molecule has 0 saturated carbocycles. The van der Waals surface area contributed by atoms with Crippen molar-refractivity contribution in [3.63, 3.8) is 0 Å². The Morgan fingerprint density at radius 3 is 2.54 bits per heavy atom. The van der Waals surface area contributed by atoms with Gasteiger partial charge >= 0.3 is 11.7 Å². The Morgan fingerprint density at radius 1 is 1.39 bits per heavy atom.